The summed E-state index contributed by atoms with van der Waals surface area (Å²) in [6.45, 7) is 2.02. The SMILES string of the molecule is CC(O)N1CCC2(CCC(F)(F)CC2)C1=O. The molecule has 3 nitrogen and oxygen atoms in total. The van der Waals surface area contributed by atoms with Crippen molar-refractivity contribution in [3.63, 3.8) is 0 Å². The number of likely N-dealkylation sites (tertiary alicyclic amines) is 1. The van der Waals surface area contributed by atoms with Crippen molar-refractivity contribution >= 4 is 5.91 Å². The number of aliphatic hydroxyl groups excluding tert-OH is 1. The van der Waals surface area contributed by atoms with E-state index in [-0.39, 0.29) is 31.6 Å². The predicted molar refractivity (Wildman–Crippen MR) is 53.9 cm³/mol. The molecule has 1 aliphatic carbocycles. The molecular formula is C11H17F2NO2. The summed E-state index contributed by atoms with van der Waals surface area (Å²) < 4.78 is 26.1. The summed E-state index contributed by atoms with van der Waals surface area (Å²) in [4.78, 5) is 13.4. The molecule has 0 aromatic carbocycles. The van der Waals surface area contributed by atoms with Crippen molar-refractivity contribution in [1.29, 1.82) is 0 Å². The lowest BCUT2D eigenvalue weighted by Crippen LogP contribution is -2.42. The Morgan fingerprint density at radius 2 is 1.81 bits per heavy atom. The van der Waals surface area contributed by atoms with E-state index < -0.39 is 17.6 Å². The third-order valence-electron chi connectivity index (χ3n) is 3.94. The zero-order chi connectivity index (χ0) is 12.0. The van der Waals surface area contributed by atoms with Crippen LogP contribution in [0.5, 0.6) is 0 Å². The van der Waals surface area contributed by atoms with E-state index in [2.05, 4.69) is 0 Å². The van der Waals surface area contributed by atoms with Gasteiger partial charge in [-0.3, -0.25) is 4.79 Å². The number of halogens is 2. The highest BCUT2D eigenvalue weighted by molar-refractivity contribution is 5.85. The first-order valence-electron chi connectivity index (χ1n) is 5.73. The molecule has 0 aromatic heterocycles. The number of amides is 1. The zero-order valence-corrected chi connectivity index (χ0v) is 9.38. The van der Waals surface area contributed by atoms with Crippen LogP contribution in [0.3, 0.4) is 0 Å². The maximum atomic E-state index is 13.0. The van der Waals surface area contributed by atoms with Crippen molar-refractivity contribution in [2.45, 2.75) is 51.2 Å². The van der Waals surface area contributed by atoms with Crippen LogP contribution in [0.15, 0.2) is 0 Å². The van der Waals surface area contributed by atoms with E-state index in [0.29, 0.717) is 13.0 Å². The second-order valence-corrected chi connectivity index (χ2v) is 5.02. The molecule has 5 heteroatoms. The van der Waals surface area contributed by atoms with Crippen LogP contribution in [0.25, 0.3) is 0 Å². The number of alkyl halides is 2. The molecule has 2 rings (SSSR count). The van der Waals surface area contributed by atoms with Crippen LogP contribution >= 0.6 is 0 Å². The topological polar surface area (TPSA) is 40.5 Å². The smallest absolute Gasteiger partial charge is 0.248 e. The molecule has 2 aliphatic rings. The second kappa shape index (κ2) is 3.65. The summed E-state index contributed by atoms with van der Waals surface area (Å²) in [5, 5.41) is 9.40. The van der Waals surface area contributed by atoms with Crippen LogP contribution in [0.1, 0.15) is 39.0 Å². The highest BCUT2D eigenvalue weighted by Crippen LogP contribution is 2.49. The summed E-state index contributed by atoms with van der Waals surface area (Å²) >= 11 is 0. The van der Waals surface area contributed by atoms with E-state index in [9.17, 15) is 18.7 Å². The van der Waals surface area contributed by atoms with Gasteiger partial charge in [-0.05, 0) is 26.2 Å². The maximum absolute atomic E-state index is 13.0. The van der Waals surface area contributed by atoms with E-state index in [0.717, 1.165) is 0 Å². The Morgan fingerprint density at radius 3 is 2.25 bits per heavy atom. The quantitative estimate of drug-likeness (QED) is 0.749. The summed E-state index contributed by atoms with van der Waals surface area (Å²) in [5.41, 5.74) is -0.612. The fraction of sp³-hybridized carbons (Fsp3) is 0.909. The number of carbonyl (C=O) groups is 1. The van der Waals surface area contributed by atoms with E-state index in [4.69, 9.17) is 0 Å². The van der Waals surface area contributed by atoms with Gasteiger partial charge in [-0.15, -0.1) is 0 Å². The van der Waals surface area contributed by atoms with Crippen LogP contribution in [-0.2, 0) is 4.79 Å². The van der Waals surface area contributed by atoms with Gasteiger partial charge in [-0.25, -0.2) is 8.78 Å². The van der Waals surface area contributed by atoms with Gasteiger partial charge in [0.15, 0.2) is 0 Å². The number of hydrogen-bond acceptors (Lipinski definition) is 2. The first-order chi connectivity index (χ1) is 7.36. The fourth-order valence-corrected chi connectivity index (χ4v) is 2.76. The monoisotopic (exact) mass is 233 g/mol. The molecule has 0 radical (unpaired) electrons. The summed E-state index contributed by atoms with van der Waals surface area (Å²) in [6.07, 6.45) is -0.107. The summed E-state index contributed by atoms with van der Waals surface area (Å²) in [5.74, 6) is -2.75. The molecule has 16 heavy (non-hydrogen) atoms. The van der Waals surface area contributed by atoms with Crippen molar-refractivity contribution in [2.24, 2.45) is 5.41 Å². The standard InChI is InChI=1S/C11H17F2NO2/c1-8(15)14-7-6-10(9(14)16)2-4-11(12,13)5-3-10/h8,15H,2-7H2,1H3. The van der Waals surface area contributed by atoms with Gasteiger partial charge in [-0.1, -0.05) is 0 Å². The highest BCUT2D eigenvalue weighted by atomic mass is 19.3. The molecular weight excluding hydrogens is 216 g/mol. The lowest BCUT2D eigenvalue weighted by molar-refractivity contribution is -0.148. The van der Waals surface area contributed by atoms with Gasteiger partial charge < -0.3 is 10.0 Å². The fourth-order valence-electron chi connectivity index (χ4n) is 2.76. The minimum atomic E-state index is -2.61. The van der Waals surface area contributed by atoms with Crippen LogP contribution in [0, 0.1) is 5.41 Å². The van der Waals surface area contributed by atoms with Gasteiger partial charge in [0.05, 0.1) is 5.41 Å². The van der Waals surface area contributed by atoms with Gasteiger partial charge in [0.2, 0.25) is 11.8 Å². The molecule has 0 aromatic rings. The van der Waals surface area contributed by atoms with Crippen molar-refractivity contribution in [3.05, 3.63) is 0 Å². The van der Waals surface area contributed by atoms with E-state index in [1.807, 2.05) is 0 Å². The van der Waals surface area contributed by atoms with Gasteiger partial charge in [-0.2, -0.15) is 0 Å². The number of carbonyl (C=O) groups excluding carboxylic acids is 1. The predicted octanol–water partition coefficient (Wildman–Crippen LogP) is 1.75. The average molecular weight is 233 g/mol. The van der Waals surface area contributed by atoms with Gasteiger partial charge >= 0.3 is 0 Å². The number of rotatable bonds is 1. The van der Waals surface area contributed by atoms with Crippen molar-refractivity contribution in [1.82, 2.24) is 4.90 Å². The molecule has 1 aliphatic heterocycles. The molecule has 1 unspecified atom stereocenters. The maximum Gasteiger partial charge on any atom is 0.248 e. The minimum absolute atomic E-state index is 0.141. The third-order valence-corrected chi connectivity index (χ3v) is 3.94. The van der Waals surface area contributed by atoms with E-state index in [1.54, 1.807) is 0 Å². The van der Waals surface area contributed by atoms with Crippen molar-refractivity contribution < 1.29 is 18.7 Å². The van der Waals surface area contributed by atoms with Crippen LogP contribution in [-0.4, -0.2) is 34.6 Å². The summed E-state index contributed by atoms with van der Waals surface area (Å²) in [6, 6.07) is 0. The lowest BCUT2D eigenvalue weighted by Gasteiger charge is -2.35. The molecule has 1 N–H and O–H groups in total. The molecule has 1 saturated carbocycles. The molecule has 1 saturated heterocycles. The Labute approximate surface area is 93.4 Å². The Kier molecular flexibility index (Phi) is 2.69. The Bertz CT molecular complexity index is 294. The molecule has 1 spiro atoms. The van der Waals surface area contributed by atoms with Crippen LogP contribution in [0.4, 0.5) is 8.78 Å². The first-order valence-corrected chi connectivity index (χ1v) is 5.73. The van der Waals surface area contributed by atoms with Crippen LogP contribution < -0.4 is 0 Å². The molecule has 1 heterocycles. The molecule has 1 amide bonds. The Morgan fingerprint density at radius 1 is 1.25 bits per heavy atom. The summed E-state index contributed by atoms with van der Waals surface area (Å²) in [7, 11) is 0. The molecule has 1 atom stereocenters. The normalized spacial score (nSPS) is 29.8. The molecule has 92 valence electrons. The Hall–Kier alpha value is -0.710. The molecule has 2 fully saturated rings. The number of nitrogens with zero attached hydrogens (tertiary/aromatic N) is 1. The van der Waals surface area contributed by atoms with Gasteiger partial charge in [0.1, 0.15) is 6.23 Å². The second-order valence-electron chi connectivity index (χ2n) is 5.02. The van der Waals surface area contributed by atoms with Crippen LogP contribution in [0.2, 0.25) is 0 Å². The zero-order valence-electron chi connectivity index (χ0n) is 9.38. The highest BCUT2D eigenvalue weighted by Gasteiger charge is 2.52. The van der Waals surface area contributed by atoms with Gasteiger partial charge in [0.25, 0.3) is 0 Å². The largest absolute Gasteiger partial charge is 0.374 e. The van der Waals surface area contributed by atoms with E-state index >= 15 is 0 Å². The van der Waals surface area contributed by atoms with Crippen molar-refractivity contribution in [2.75, 3.05) is 6.54 Å². The Balaban J connectivity index is 2.09. The molecule has 0 bridgehead atoms. The average Bonchev–Trinajstić information content (AvgIpc) is 2.50. The lowest BCUT2D eigenvalue weighted by atomic mass is 9.72. The van der Waals surface area contributed by atoms with Crippen molar-refractivity contribution in [3.8, 4) is 0 Å². The first kappa shape index (κ1) is 11.8. The van der Waals surface area contributed by atoms with E-state index in [1.165, 1.54) is 11.8 Å². The minimum Gasteiger partial charge on any atom is -0.374 e. The third kappa shape index (κ3) is 1.81. The number of hydrogen-bond donors (Lipinski definition) is 1. The number of aliphatic hydroxyl groups is 1. The van der Waals surface area contributed by atoms with Gasteiger partial charge in [0, 0.05) is 19.4 Å².